The normalized spacial score (nSPS) is 46.8. The molecule has 0 amide bonds. The molecule has 0 aliphatic carbocycles. The van der Waals surface area contributed by atoms with Crippen molar-refractivity contribution < 1.29 is 20.1 Å². The predicted molar refractivity (Wildman–Crippen MR) is 47.2 cm³/mol. The van der Waals surface area contributed by atoms with E-state index in [1.165, 1.54) is 0 Å². The number of aliphatic hydroxyl groups excluding tert-OH is 3. The summed E-state index contributed by atoms with van der Waals surface area (Å²) in [6.07, 6.45) is -3.91. The van der Waals surface area contributed by atoms with Crippen molar-refractivity contribution in [2.24, 2.45) is 5.92 Å². The van der Waals surface area contributed by atoms with Crippen LogP contribution >= 0.6 is 0 Å². The van der Waals surface area contributed by atoms with E-state index in [0.29, 0.717) is 0 Å². The quantitative estimate of drug-likeness (QED) is 0.522. The minimum Gasteiger partial charge on any atom is -0.388 e. The lowest BCUT2D eigenvalue weighted by Gasteiger charge is -2.41. The molecule has 0 spiro atoms. The van der Waals surface area contributed by atoms with Gasteiger partial charge in [-0.2, -0.15) is 0 Å². The lowest BCUT2D eigenvalue weighted by Crippen LogP contribution is -2.57. The summed E-state index contributed by atoms with van der Waals surface area (Å²) >= 11 is 0. The highest BCUT2D eigenvalue weighted by atomic mass is 16.5. The SMILES string of the molecule is CC(C)[C@@H]1OC(C)[C@@H](O)[C@H](O)C1O. The van der Waals surface area contributed by atoms with Crippen molar-refractivity contribution in [2.45, 2.75) is 51.3 Å². The van der Waals surface area contributed by atoms with Gasteiger partial charge >= 0.3 is 0 Å². The van der Waals surface area contributed by atoms with Crippen LogP contribution in [0.25, 0.3) is 0 Å². The zero-order chi connectivity index (χ0) is 10.2. The maximum atomic E-state index is 9.56. The molecule has 0 saturated carbocycles. The Kier molecular flexibility index (Phi) is 3.29. The molecular weight excluding hydrogens is 172 g/mol. The van der Waals surface area contributed by atoms with Crippen molar-refractivity contribution >= 4 is 0 Å². The van der Waals surface area contributed by atoms with Crippen molar-refractivity contribution in [1.82, 2.24) is 0 Å². The lowest BCUT2D eigenvalue weighted by molar-refractivity contribution is -0.226. The first kappa shape index (κ1) is 10.9. The molecule has 2 unspecified atom stereocenters. The Morgan fingerprint density at radius 3 is 2.00 bits per heavy atom. The highest BCUT2D eigenvalue weighted by Crippen LogP contribution is 2.25. The van der Waals surface area contributed by atoms with Crippen molar-refractivity contribution in [3.05, 3.63) is 0 Å². The van der Waals surface area contributed by atoms with E-state index in [9.17, 15) is 15.3 Å². The summed E-state index contributed by atoms with van der Waals surface area (Å²) in [5, 5.41) is 28.4. The monoisotopic (exact) mass is 190 g/mol. The Hall–Kier alpha value is -0.160. The van der Waals surface area contributed by atoms with E-state index < -0.39 is 30.5 Å². The van der Waals surface area contributed by atoms with Gasteiger partial charge in [0.25, 0.3) is 0 Å². The molecule has 13 heavy (non-hydrogen) atoms. The molecule has 0 aromatic rings. The Morgan fingerprint density at radius 2 is 1.54 bits per heavy atom. The van der Waals surface area contributed by atoms with E-state index in [4.69, 9.17) is 4.74 Å². The summed E-state index contributed by atoms with van der Waals surface area (Å²) in [5.41, 5.74) is 0. The number of rotatable bonds is 1. The summed E-state index contributed by atoms with van der Waals surface area (Å²) in [6, 6.07) is 0. The molecule has 0 aromatic heterocycles. The Labute approximate surface area is 78.1 Å². The molecule has 1 fully saturated rings. The standard InChI is InChI=1S/C9H18O4/c1-4(2)9-8(12)7(11)6(10)5(3)13-9/h4-12H,1-3H3/t5?,6-,7+,8?,9+/m1/s1. The summed E-state index contributed by atoms with van der Waals surface area (Å²) in [5.74, 6) is 0.125. The van der Waals surface area contributed by atoms with E-state index in [1.807, 2.05) is 13.8 Å². The summed E-state index contributed by atoms with van der Waals surface area (Å²) in [6.45, 7) is 5.51. The summed E-state index contributed by atoms with van der Waals surface area (Å²) < 4.78 is 5.38. The fraction of sp³-hybridized carbons (Fsp3) is 1.00. The number of ether oxygens (including phenoxy) is 1. The van der Waals surface area contributed by atoms with Gasteiger partial charge in [0.1, 0.15) is 18.3 Å². The zero-order valence-electron chi connectivity index (χ0n) is 8.21. The van der Waals surface area contributed by atoms with Gasteiger partial charge < -0.3 is 20.1 Å². The van der Waals surface area contributed by atoms with Gasteiger partial charge in [-0.05, 0) is 12.8 Å². The van der Waals surface area contributed by atoms with Crippen LogP contribution in [0.1, 0.15) is 20.8 Å². The number of hydrogen-bond donors (Lipinski definition) is 3. The summed E-state index contributed by atoms with van der Waals surface area (Å²) in [4.78, 5) is 0. The topological polar surface area (TPSA) is 69.9 Å². The molecule has 1 heterocycles. The number of aliphatic hydroxyl groups is 3. The molecule has 78 valence electrons. The minimum absolute atomic E-state index is 0.125. The average Bonchev–Trinajstić information content (AvgIpc) is 2.07. The van der Waals surface area contributed by atoms with Gasteiger partial charge in [0, 0.05) is 0 Å². The zero-order valence-corrected chi connectivity index (χ0v) is 8.21. The second-order valence-electron chi connectivity index (χ2n) is 4.02. The molecule has 0 radical (unpaired) electrons. The lowest BCUT2D eigenvalue weighted by atomic mass is 9.90. The molecule has 4 heteroatoms. The first-order valence-corrected chi connectivity index (χ1v) is 4.64. The van der Waals surface area contributed by atoms with Crippen LogP contribution in [-0.4, -0.2) is 45.8 Å². The van der Waals surface area contributed by atoms with Gasteiger partial charge in [-0.1, -0.05) is 13.8 Å². The Bertz CT molecular complexity index is 171. The molecule has 1 aliphatic rings. The molecule has 1 rings (SSSR count). The number of hydrogen-bond acceptors (Lipinski definition) is 4. The van der Waals surface area contributed by atoms with Crippen LogP contribution in [0.5, 0.6) is 0 Å². The van der Waals surface area contributed by atoms with E-state index in [1.54, 1.807) is 6.92 Å². The first-order chi connectivity index (χ1) is 5.95. The highest BCUT2D eigenvalue weighted by Gasteiger charge is 2.42. The molecular formula is C9H18O4. The third-order valence-corrected chi connectivity index (χ3v) is 2.55. The first-order valence-electron chi connectivity index (χ1n) is 4.64. The van der Waals surface area contributed by atoms with E-state index in [2.05, 4.69) is 0 Å². The molecule has 3 N–H and O–H groups in total. The van der Waals surface area contributed by atoms with Gasteiger partial charge in [-0.25, -0.2) is 0 Å². The molecule has 1 aliphatic heterocycles. The Balaban J connectivity index is 2.70. The smallest absolute Gasteiger partial charge is 0.111 e. The van der Waals surface area contributed by atoms with Crippen LogP contribution in [0.4, 0.5) is 0 Å². The van der Waals surface area contributed by atoms with Crippen LogP contribution in [0, 0.1) is 5.92 Å². The van der Waals surface area contributed by atoms with Crippen LogP contribution in [0.2, 0.25) is 0 Å². The van der Waals surface area contributed by atoms with E-state index in [0.717, 1.165) is 0 Å². The van der Waals surface area contributed by atoms with Crippen molar-refractivity contribution in [3.63, 3.8) is 0 Å². The largest absolute Gasteiger partial charge is 0.388 e. The van der Waals surface area contributed by atoms with Crippen molar-refractivity contribution in [1.29, 1.82) is 0 Å². The minimum atomic E-state index is -1.10. The van der Waals surface area contributed by atoms with Gasteiger partial charge in [-0.15, -0.1) is 0 Å². The van der Waals surface area contributed by atoms with Gasteiger partial charge in [-0.3, -0.25) is 0 Å². The van der Waals surface area contributed by atoms with Gasteiger partial charge in [0.2, 0.25) is 0 Å². The fourth-order valence-corrected chi connectivity index (χ4v) is 1.63. The maximum absolute atomic E-state index is 9.56. The van der Waals surface area contributed by atoms with Gasteiger partial charge in [0.05, 0.1) is 12.2 Å². The third kappa shape index (κ3) is 2.02. The van der Waals surface area contributed by atoms with Gasteiger partial charge in [0.15, 0.2) is 0 Å². The van der Waals surface area contributed by atoms with E-state index in [-0.39, 0.29) is 5.92 Å². The molecule has 5 atom stereocenters. The summed E-state index contributed by atoms with van der Waals surface area (Å²) in [7, 11) is 0. The second kappa shape index (κ2) is 3.92. The third-order valence-electron chi connectivity index (χ3n) is 2.55. The van der Waals surface area contributed by atoms with Crippen molar-refractivity contribution in [2.75, 3.05) is 0 Å². The van der Waals surface area contributed by atoms with Crippen LogP contribution in [-0.2, 0) is 4.74 Å². The van der Waals surface area contributed by atoms with Crippen molar-refractivity contribution in [3.8, 4) is 0 Å². The average molecular weight is 190 g/mol. The predicted octanol–water partition coefficient (Wildman–Crippen LogP) is -0.488. The molecule has 4 nitrogen and oxygen atoms in total. The van der Waals surface area contributed by atoms with Crippen LogP contribution in [0.15, 0.2) is 0 Å². The Morgan fingerprint density at radius 1 is 1.00 bits per heavy atom. The molecule has 0 aromatic carbocycles. The molecule has 0 bridgehead atoms. The van der Waals surface area contributed by atoms with Crippen LogP contribution < -0.4 is 0 Å². The second-order valence-corrected chi connectivity index (χ2v) is 4.02. The molecule has 1 saturated heterocycles. The maximum Gasteiger partial charge on any atom is 0.111 e. The highest BCUT2D eigenvalue weighted by molar-refractivity contribution is 4.91. The van der Waals surface area contributed by atoms with E-state index >= 15 is 0 Å². The fourth-order valence-electron chi connectivity index (χ4n) is 1.63. The van der Waals surface area contributed by atoms with Crippen LogP contribution in [0.3, 0.4) is 0 Å².